The van der Waals surface area contributed by atoms with Crippen molar-refractivity contribution in [2.24, 2.45) is 4.99 Å². The second kappa shape index (κ2) is 5.14. The van der Waals surface area contributed by atoms with Gasteiger partial charge < -0.3 is 5.11 Å². The average Bonchev–Trinajstić information content (AvgIpc) is 2.26. The molecule has 0 aromatic heterocycles. The summed E-state index contributed by atoms with van der Waals surface area (Å²) >= 11 is 4.33. The SMILES string of the molecule is O=C(O)c1ccc(C(=O)CN=C=S)cc1. The van der Waals surface area contributed by atoms with Gasteiger partial charge in [0.15, 0.2) is 5.78 Å². The molecule has 15 heavy (non-hydrogen) atoms. The van der Waals surface area contributed by atoms with Gasteiger partial charge in [-0.1, -0.05) is 12.1 Å². The second-order valence-corrected chi connectivity index (χ2v) is 2.90. The van der Waals surface area contributed by atoms with Crippen molar-refractivity contribution in [2.45, 2.75) is 0 Å². The number of hydrogen-bond donors (Lipinski definition) is 1. The zero-order valence-electron chi connectivity index (χ0n) is 7.64. The summed E-state index contributed by atoms with van der Waals surface area (Å²) in [5, 5.41) is 10.7. The highest BCUT2D eigenvalue weighted by atomic mass is 32.1. The number of carboxylic acid groups (broad SMARTS) is 1. The van der Waals surface area contributed by atoms with Gasteiger partial charge in [-0.25, -0.2) is 9.79 Å². The summed E-state index contributed by atoms with van der Waals surface area (Å²) in [6, 6.07) is 5.64. The minimum Gasteiger partial charge on any atom is -0.478 e. The van der Waals surface area contributed by atoms with E-state index in [1.165, 1.54) is 24.3 Å². The molecule has 5 heteroatoms. The summed E-state index contributed by atoms with van der Waals surface area (Å²) in [5.74, 6) is -1.24. The molecule has 0 amide bonds. The Morgan fingerprint density at radius 1 is 1.27 bits per heavy atom. The Labute approximate surface area is 91.3 Å². The van der Waals surface area contributed by atoms with E-state index in [1.54, 1.807) is 0 Å². The highest BCUT2D eigenvalue weighted by Gasteiger charge is 2.06. The van der Waals surface area contributed by atoms with Crippen LogP contribution in [-0.2, 0) is 0 Å². The van der Waals surface area contributed by atoms with Crippen molar-refractivity contribution in [1.29, 1.82) is 0 Å². The Hall–Kier alpha value is -1.84. The Morgan fingerprint density at radius 2 is 1.80 bits per heavy atom. The highest BCUT2D eigenvalue weighted by molar-refractivity contribution is 7.78. The maximum Gasteiger partial charge on any atom is 0.335 e. The molecule has 1 N–H and O–H groups in total. The minimum atomic E-state index is -1.02. The van der Waals surface area contributed by atoms with Crippen LogP contribution < -0.4 is 0 Å². The van der Waals surface area contributed by atoms with Crippen LogP contribution in [0.5, 0.6) is 0 Å². The van der Waals surface area contributed by atoms with Crippen molar-refractivity contribution in [2.75, 3.05) is 6.54 Å². The number of thiocarbonyl (C=S) groups is 1. The van der Waals surface area contributed by atoms with Crippen molar-refractivity contribution >= 4 is 29.1 Å². The summed E-state index contributed by atoms with van der Waals surface area (Å²) in [6.45, 7) is -0.0596. The summed E-state index contributed by atoms with van der Waals surface area (Å²) in [6.07, 6.45) is 0. The van der Waals surface area contributed by atoms with Gasteiger partial charge in [0.2, 0.25) is 0 Å². The van der Waals surface area contributed by atoms with Crippen molar-refractivity contribution < 1.29 is 14.7 Å². The Morgan fingerprint density at radius 3 is 2.27 bits per heavy atom. The van der Waals surface area contributed by atoms with Crippen LogP contribution in [0.25, 0.3) is 0 Å². The number of benzene rings is 1. The molecule has 1 aromatic carbocycles. The fourth-order valence-electron chi connectivity index (χ4n) is 0.994. The maximum atomic E-state index is 11.4. The predicted molar refractivity (Wildman–Crippen MR) is 57.6 cm³/mol. The lowest BCUT2D eigenvalue weighted by Gasteiger charge is -1.97. The fourth-order valence-corrected chi connectivity index (χ4v) is 1.06. The molecule has 0 aliphatic rings. The molecule has 0 fully saturated rings. The van der Waals surface area contributed by atoms with Crippen molar-refractivity contribution in [3.05, 3.63) is 35.4 Å². The second-order valence-electron chi connectivity index (χ2n) is 2.71. The van der Waals surface area contributed by atoms with Gasteiger partial charge in [-0.15, -0.1) is 0 Å². The van der Waals surface area contributed by atoms with Crippen LogP contribution >= 0.6 is 12.2 Å². The molecule has 0 spiro atoms. The number of carbonyl (C=O) groups is 2. The van der Waals surface area contributed by atoms with Crippen LogP contribution in [0.1, 0.15) is 20.7 Å². The van der Waals surface area contributed by atoms with Crippen molar-refractivity contribution in [3.63, 3.8) is 0 Å². The molecule has 1 aromatic rings. The van der Waals surface area contributed by atoms with E-state index in [0.29, 0.717) is 5.56 Å². The van der Waals surface area contributed by atoms with Gasteiger partial charge in [0.25, 0.3) is 0 Å². The molecule has 0 aliphatic carbocycles. The smallest absolute Gasteiger partial charge is 0.335 e. The van der Waals surface area contributed by atoms with Gasteiger partial charge in [0.05, 0.1) is 10.7 Å². The van der Waals surface area contributed by atoms with E-state index >= 15 is 0 Å². The number of ketones is 1. The number of nitrogens with zero attached hydrogens (tertiary/aromatic N) is 1. The lowest BCUT2D eigenvalue weighted by atomic mass is 10.1. The number of aromatic carboxylic acids is 1. The Kier molecular flexibility index (Phi) is 3.85. The van der Waals surface area contributed by atoms with E-state index in [9.17, 15) is 9.59 Å². The first-order chi connectivity index (χ1) is 7.15. The molecule has 4 nitrogen and oxygen atoms in total. The molecule has 0 heterocycles. The van der Waals surface area contributed by atoms with Gasteiger partial charge in [-0.2, -0.15) is 0 Å². The van der Waals surface area contributed by atoms with E-state index in [0.717, 1.165) is 0 Å². The van der Waals surface area contributed by atoms with E-state index in [2.05, 4.69) is 22.4 Å². The molecular formula is C10H7NO3S. The molecular weight excluding hydrogens is 214 g/mol. The topological polar surface area (TPSA) is 66.7 Å². The predicted octanol–water partition coefficient (Wildman–Crippen LogP) is 1.67. The van der Waals surface area contributed by atoms with Crippen LogP contribution in [0, 0.1) is 0 Å². The van der Waals surface area contributed by atoms with Crippen LogP contribution in [0.4, 0.5) is 0 Å². The number of carboxylic acids is 1. The number of rotatable bonds is 4. The van der Waals surface area contributed by atoms with Gasteiger partial charge in [0, 0.05) is 5.56 Å². The molecule has 0 radical (unpaired) electrons. The number of aliphatic imine (C=N–C) groups is 1. The average molecular weight is 221 g/mol. The third-order valence-electron chi connectivity index (χ3n) is 1.74. The molecule has 76 valence electrons. The molecule has 0 atom stereocenters. The first-order valence-corrected chi connectivity index (χ1v) is 4.46. The summed E-state index contributed by atoms with van der Waals surface area (Å²) in [5.41, 5.74) is 0.555. The monoisotopic (exact) mass is 221 g/mol. The highest BCUT2D eigenvalue weighted by Crippen LogP contribution is 2.05. The molecule has 0 aliphatic heterocycles. The lowest BCUT2D eigenvalue weighted by molar-refractivity contribution is 0.0696. The zero-order valence-corrected chi connectivity index (χ0v) is 8.45. The first kappa shape index (κ1) is 11.2. The van der Waals surface area contributed by atoms with Crippen LogP contribution in [0.3, 0.4) is 0 Å². The third kappa shape index (κ3) is 3.09. The van der Waals surface area contributed by atoms with Gasteiger partial charge >= 0.3 is 5.97 Å². The van der Waals surface area contributed by atoms with E-state index < -0.39 is 5.97 Å². The minimum absolute atomic E-state index is 0.0596. The zero-order chi connectivity index (χ0) is 11.3. The quantitative estimate of drug-likeness (QED) is 0.477. The van der Waals surface area contributed by atoms with Gasteiger partial charge in [0.1, 0.15) is 6.54 Å². The van der Waals surface area contributed by atoms with Crippen molar-refractivity contribution in [1.82, 2.24) is 0 Å². The maximum absolute atomic E-state index is 11.4. The van der Waals surface area contributed by atoms with E-state index in [1.807, 2.05) is 0 Å². The fraction of sp³-hybridized carbons (Fsp3) is 0.100. The third-order valence-corrected chi connectivity index (χ3v) is 1.87. The number of carbonyl (C=O) groups excluding carboxylic acids is 1. The van der Waals surface area contributed by atoms with Crippen molar-refractivity contribution in [3.8, 4) is 0 Å². The lowest BCUT2D eigenvalue weighted by Crippen LogP contribution is -2.04. The largest absolute Gasteiger partial charge is 0.478 e. The number of Topliss-reactive ketones (excluding diaryl/α,β-unsaturated/α-hetero) is 1. The van der Waals surface area contributed by atoms with E-state index in [4.69, 9.17) is 5.11 Å². The summed E-state index contributed by atoms with van der Waals surface area (Å²) in [7, 11) is 0. The molecule has 1 rings (SSSR count). The van der Waals surface area contributed by atoms with Gasteiger partial charge in [-0.05, 0) is 24.4 Å². The summed E-state index contributed by atoms with van der Waals surface area (Å²) < 4.78 is 0. The first-order valence-electron chi connectivity index (χ1n) is 4.05. The molecule has 0 unspecified atom stereocenters. The van der Waals surface area contributed by atoms with Crippen LogP contribution in [0.2, 0.25) is 0 Å². The van der Waals surface area contributed by atoms with Crippen LogP contribution in [0.15, 0.2) is 29.3 Å². The standard InChI is InChI=1S/C10H7NO3S/c12-9(5-11-6-15)7-1-3-8(4-2-7)10(13)14/h1-4H,5H2,(H,13,14). The molecule has 0 bridgehead atoms. The number of isothiocyanates is 1. The Bertz CT molecular complexity index is 432. The van der Waals surface area contributed by atoms with Gasteiger partial charge in [-0.3, -0.25) is 4.79 Å². The van der Waals surface area contributed by atoms with E-state index in [-0.39, 0.29) is 17.9 Å². The molecule has 0 saturated heterocycles. The Balaban J connectivity index is 2.84. The molecule has 0 saturated carbocycles. The normalized spacial score (nSPS) is 9.07. The van der Waals surface area contributed by atoms with Crippen LogP contribution in [-0.4, -0.2) is 28.6 Å². The number of hydrogen-bond acceptors (Lipinski definition) is 4. The summed E-state index contributed by atoms with van der Waals surface area (Å²) in [4.78, 5) is 25.4.